The first-order chi connectivity index (χ1) is 13.8. The minimum Gasteiger partial charge on any atom is -0.298 e. The Kier molecular flexibility index (Phi) is 4.50. The second-order valence-electron chi connectivity index (χ2n) is 6.24. The molecule has 146 valence electrons. The van der Waals surface area contributed by atoms with E-state index in [9.17, 15) is 18.0 Å². The Balaban J connectivity index is 1.69. The standard InChI is InChI=1S/C20H14F3N5O/c1-12-17(28-11-5-4-8-16(28)25-12)15-9-10-24-19(26-15)27-18(29)13-6-2-3-7-14(13)20(21,22)23/h2-11H,1H3,(H,24,26,27,29). The third-order valence-corrected chi connectivity index (χ3v) is 4.30. The number of carbonyl (C=O) groups is 1. The van der Waals surface area contributed by atoms with Gasteiger partial charge in [-0.1, -0.05) is 18.2 Å². The van der Waals surface area contributed by atoms with Crippen LogP contribution in [-0.2, 0) is 6.18 Å². The summed E-state index contributed by atoms with van der Waals surface area (Å²) in [4.78, 5) is 25.2. The lowest BCUT2D eigenvalue weighted by Crippen LogP contribution is -2.19. The summed E-state index contributed by atoms with van der Waals surface area (Å²) in [5.41, 5.74) is 1.11. The second-order valence-corrected chi connectivity index (χ2v) is 6.24. The number of amides is 1. The van der Waals surface area contributed by atoms with E-state index in [2.05, 4.69) is 20.3 Å². The maximum Gasteiger partial charge on any atom is 0.417 e. The van der Waals surface area contributed by atoms with E-state index in [1.165, 1.54) is 18.3 Å². The average molecular weight is 397 g/mol. The van der Waals surface area contributed by atoms with E-state index < -0.39 is 23.2 Å². The Morgan fingerprint density at radius 3 is 2.59 bits per heavy atom. The number of nitrogens with zero attached hydrogens (tertiary/aromatic N) is 4. The van der Waals surface area contributed by atoms with Crippen LogP contribution in [-0.4, -0.2) is 25.3 Å². The number of aromatic nitrogens is 4. The number of carbonyl (C=O) groups excluding carboxylic acids is 1. The number of alkyl halides is 3. The summed E-state index contributed by atoms with van der Waals surface area (Å²) in [6.45, 7) is 1.82. The molecule has 0 fully saturated rings. The van der Waals surface area contributed by atoms with Gasteiger partial charge >= 0.3 is 6.18 Å². The van der Waals surface area contributed by atoms with Gasteiger partial charge in [0.05, 0.1) is 28.2 Å². The van der Waals surface area contributed by atoms with Crippen LogP contribution >= 0.6 is 0 Å². The third-order valence-electron chi connectivity index (χ3n) is 4.30. The molecule has 1 aromatic carbocycles. The number of imidazole rings is 1. The van der Waals surface area contributed by atoms with E-state index in [1.54, 1.807) is 6.07 Å². The van der Waals surface area contributed by atoms with Gasteiger partial charge in [0.25, 0.3) is 5.91 Å². The Labute approximate surface area is 163 Å². The van der Waals surface area contributed by atoms with Crippen LogP contribution in [0.15, 0.2) is 60.9 Å². The first-order valence-electron chi connectivity index (χ1n) is 8.59. The fraction of sp³-hybridized carbons (Fsp3) is 0.100. The van der Waals surface area contributed by atoms with Gasteiger partial charge in [-0.2, -0.15) is 13.2 Å². The summed E-state index contributed by atoms with van der Waals surface area (Å²) in [7, 11) is 0. The molecule has 0 spiro atoms. The normalized spacial score (nSPS) is 11.6. The molecule has 1 amide bonds. The monoisotopic (exact) mass is 397 g/mol. The molecule has 0 saturated heterocycles. The number of halogens is 3. The summed E-state index contributed by atoms with van der Waals surface area (Å²) in [6, 6.07) is 11.7. The molecule has 1 N–H and O–H groups in total. The first kappa shape index (κ1) is 18.6. The molecule has 0 radical (unpaired) electrons. The maximum atomic E-state index is 13.2. The summed E-state index contributed by atoms with van der Waals surface area (Å²) < 4.78 is 41.3. The van der Waals surface area contributed by atoms with Crippen molar-refractivity contribution >= 4 is 17.5 Å². The number of pyridine rings is 1. The number of fused-ring (bicyclic) bond motifs is 1. The number of anilines is 1. The molecule has 29 heavy (non-hydrogen) atoms. The van der Waals surface area contributed by atoms with Gasteiger partial charge in [-0.15, -0.1) is 0 Å². The molecule has 0 bridgehead atoms. The van der Waals surface area contributed by atoms with Crippen molar-refractivity contribution in [1.29, 1.82) is 0 Å². The van der Waals surface area contributed by atoms with Gasteiger partial charge in [-0.05, 0) is 37.3 Å². The Morgan fingerprint density at radius 2 is 1.79 bits per heavy atom. The SMILES string of the molecule is Cc1nc2ccccn2c1-c1ccnc(NC(=O)c2ccccc2C(F)(F)F)n1. The summed E-state index contributed by atoms with van der Waals surface area (Å²) >= 11 is 0. The van der Waals surface area contributed by atoms with Crippen molar-refractivity contribution in [2.24, 2.45) is 0 Å². The highest BCUT2D eigenvalue weighted by Gasteiger charge is 2.35. The lowest BCUT2D eigenvalue weighted by atomic mass is 10.1. The van der Waals surface area contributed by atoms with Gasteiger partial charge in [-0.3, -0.25) is 14.5 Å². The largest absolute Gasteiger partial charge is 0.417 e. The van der Waals surface area contributed by atoms with E-state index in [0.29, 0.717) is 11.4 Å². The predicted octanol–water partition coefficient (Wildman–Crippen LogP) is 4.37. The summed E-state index contributed by atoms with van der Waals surface area (Å²) in [6.07, 6.45) is -1.40. The molecule has 0 saturated carbocycles. The average Bonchev–Trinajstić information content (AvgIpc) is 3.03. The fourth-order valence-corrected chi connectivity index (χ4v) is 3.07. The molecule has 6 nitrogen and oxygen atoms in total. The van der Waals surface area contributed by atoms with Gasteiger partial charge < -0.3 is 0 Å². The van der Waals surface area contributed by atoms with Gasteiger partial charge in [-0.25, -0.2) is 15.0 Å². The van der Waals surface area contributed by atoms with E-state index in [1.807, 2.05) is 35.7 Å². The summed E-state index contributed by atoms with van der Waals surface area (Å²) in [5.74, 6) is -1.04. The van der Waals surface area contributed by atoms with Crippen LogP contribution in [0.5, 0.6) is 0 Å². The number of aryl methyl sites for hydroxylation is 1. The van der Waals surface area contributed by atoms with Crippen LogP contribution in [0, 0.1) is 6.92 Å². The Bertz CT molecular complexity index is 1220. The molecule has 9 heteroatoms. The van der Waals surface area contributed by atoms with Crippen molar-refractivity contribution in [1.82, 2.24) is 19.4 Å². The van der Waals surface area contributed by atoms with Crippen LogP contribution in [0.2, 0.25) is 0 Å². The summed E-state index contributed by atoms with van der Waals surface area (Å²) in [5, 5.41) is 2.35. The van der Waals surface area contributed by atoms with Crippen molar-refractivity contribution in [3.05, 3.63) is 77.7 Å². The molecule has 4 rings (SSSR count). The van der Waals surface area contributed by atoms with Crippen LogP contribution in [0.25, 0.3) is 17.0 Å². The minimum absolute atomic E-state index is 0.102. The molecule has 0 unspecified atom stereocenters. The maximum absolute atomic E-state index is 13.2. The van der Waals surface area contributed by atoms with Gasteiger partial charge in [0.15, 0.2) is 0 Å². The van der Waals surface area contributed by atoms with E-state index in [0.717, 1.165) is 23.5 Å². The molecule has 3 aromatic heterocycles. The van der Waals surface area contributed by atoms with E-state index >= 15 is 0 Å². The quantitative estimate of drug-likeness (QED) is 0.557. The fourth-order valence-electron chi connectivity index (χ4n) is 3.07. The zero-order valence-corrected chi connectivity index (χ0v) is 15.1. The first-order valence-corrected chi connectivity index (χ1v) is 8.59. The van der Waals surface area contributed by atoms with Gasteiger partial charge in [0.1, 0.15) is 5.65 Å². The number of hydrogen-bond donors (Lipinski definition) is 1. The minimum atomic E-state index is -4.65. The third kappa shape index (κ3) is 3.54. The predicted molar refractivity (Wildman–Crippen MR) is 100 cm³/mol. The van der Waals surface area contributed by atoms with Crippen LogP contribution in [0.1, 0.15) is 21.6 Å². The smallest absolute Gasteiger partial charge is 0.298 e. The molecule has 3 heterocycles. The highest BCUT2D eigenvalue weighted by molar-refractivity contribution is 6.04. The van der Waals surface area contributed by atoms with Crippen molar-refractivity contribution in [3.8, 4) is 11.4 Å². The van der Waals surface area contributed by atoms with Crippen LogP contribution < -0.4 is 5.32 Å². The molecular formula is C20H14F3N5O. The van der Waals surface area contributed by atoms with Crippen molar-refractivity contribution in [3.63, 3.8) is 0 Å². The Morgan fingerprint density at radius 1 is 1.03 bits per heavy atom. The highest BCUT2D eigenvalue weighted by Crippen LogP contribution is 2.32. The van der Waals surface area contributed by atoms with Crippen molar-refractivity contribution in [2.75, 3.05) is 5.32 Å². The molecule has 0 aliphatic heterocycles. The zero-order valence-electron chi connectivity index (χ0n) is 15.1. The number of rotatable bonds is 3. The molecular weight excluding hydrogens is 383 g/mol. The molecule has 0 aliphatic rings. The van der Waals surface area contributed by atoms with E-state index in [4.69, 9.17) is 0 Å². The van der Waals surface area contributed by atoms with Crippen molar-refractivity contribution < 1.29 is 18.0 Å². The van der Waals surface area contributed by atoms with Crippen molar-refractivity contribution in [2.45, 2.75) is 13.1 Å². The topological polar surface area (TPSA) is 72.2 Å². The molecule has 0 aliphatic carbocycles. The zero-order chi connectivity index (χ0) is 20.6. The number of nitrogens with one attached hydrogen (secondary N) is 1. The van der Waals surface area contributed by atoms with Crippen LogP contribution in [0.4, 0.5) is 19.1 Å². The van der Waals surface area contributed by atoms with Gasteiger partial charge in [0, 0.05) is 12.4 Å². The Hall–Kier alpha value is -3.75. The second kappa shape index (κ2) is 7.01. The van der Waals surface area contributed by atoms with E-state index in [-0.39, 0.29) is 5.95 Å². The number of hydrogen-bond acceptors (Lipinski definition) is 4. The van der Waals surface area contributed by atoms with Crippen LogP contribution in [0.3, 0.4) is 0 Å². The van der Waals surface area contributed by atoms with Gasteiger partial charge in [0.2, 0.25) is 5.95 Å². The lowest BCUT2D eigenvalue weighted by molar-refractivity contribution is -0.137. The number of benzene rings is 1. The molecule has 4 aromatic rings. The molecule has 0 atom stereocenters. The lowest BCUT2D eigenvalue weighted by Gasteiger charge is -2.12. The highest BCUT2D eigenvalue weighted by atomic mass is 19.4.